The summed E-state index contributed by atoms with van der Waals surface area (Å²) in [5.41, 5.74) is 7.55. The minimum atomic E-state index is -0.215. The summed E-state index contributed by atoms with van der Waals surface area (Å²) < 4.78 is 5.28. The van der Waals surface area contributed by atoms with Crippen molar-refractivity contribution in [2.24, 2.45) is 5.73 Å². The number of benzene rings is 1. The lowest BCUT2D eigenvalue weighted by molar-refractivity contribution is 0.0668. The second-order valence-electron chi connectivity index (χ2n) is 5.06. The number of aliphatic hydroxyl groups is 1. The van der Waals surface area contributed by atoms with Crippen molar-refractivity contribution < 1.29 is 9.84 Å². The Balaban J connectivity index is 2.18. The first-order valence-electron chi connectivity index (χ1n) is 6.99. The highest BCUT2D eigenvalue weighted by atomic mass is 16.5. The molecule has 1 fully saturated rings. The van der Waals surface area contributed by atoms with Gasteiger partial charge in [0.05, 0.1) is 19.8 Å². The third-order valence-corrected chi connectivity index (χ3v) is 3.51. The highest BCUT2D eigenvalue weighted by Crippen LogP contribution is 2.21. The molecule has 3 N–H and O–H groups in total. The Morgan fingerprint density at radius 2 is 2.35 bits per heavy atom. The Morgan fingerprint density at radius 1 is 1.50 bits per heavy atom. The summed E-state index contributed by atoms with van der Waals surface area (Å²) in [4.78, 5) is 2.26. The first-order valence-corrected chi connectivity index (χ1v) is 6.99. The second kappa shape index (κ2) is 7.30. The van der Waals surface area contributed by atoms with Gasteiger partial charge in [-0.25, -0.2) is 0 Å². The van der Waals surface area contributed by atoms with Gasteiger partial charge in [0.15, 0.2) is 0 Å². The predicted octanol–water partition coefficient (Wildman–Crippen LogP) is 0.962. The lowest BCUT2D eigenvalue weighted by Gasteiger charge is -2.30. The Bertz CT molecular complexity index is 505. The van der Waals surface area contributed by atoms with E-state index in [0.29, 0.717) is 6.54 Å². The highest BCUT2D eigenvalue weighted by Gasteiger charge is 2.18. The Labute approximate surface area is 120 Å². The van der Waals surface area contributed by atoms with Gasteiger partial charge in [0.1, 0.15) is 5.75 Å². The summed E-state index contributed by atoms with van der Waals surface area (Å²) in [7, 11) is 1.66. The first kappa shape index (κ1) is 14.9. The molecule has 20 heavy (non-hydrogen) atoms. The fourth-order valence-corrected chi connectivity index (χ4v) is 2.51. The van der Waals surface area contributed by atoms with Gasteiger partial charge in [0, 0.05) is 18.7 Å². The average molecular weight is 274 g/mol. The summed E-state index contributed by atoms with van der Waals surface area (Å²) in [5.74, 6) is 6.83. The smallest absolute Gasteiger partial charge is 0.119 e. The van der Waals surface area contributed by atoms with Crippen LogP contribution in [-0.4, -0.2) is 42.9 Å². The van der Waals surface area contributed by atoms with Gasteiger partial charge in [0.2, 0.25) is 0 Å². The van der Waals surface area contributed by atoms with Crippen LogP contribution in [0.4, 0.5) is 0 Å². The molecular formula is C16H22N2O2. The molecule has 1 unspecified atom stereocenters. The number of ether oxygens (including phenoxy) is 1. The van der Waals surface area contributed by atoms with E-state index >= 15 is 0 Å². The van der Waals surface area contributed by atoms with Crippen LogP contribution in [0.25, 0.3) is 0 Å². The highest BCUT2D eigenvalue weighted by molar-refractivity contribution is 5.45. The minimum absolute atomic E-state index is 0.215. The number of hydrogen-bond donors (Lipinski definition) is 2. The van der Waals surface area contributed by atoms with Gasteiger partial charge in [-0.2, -0.15) is 0 Å². The minimum Gasteiger partial charge on any atom is -0.497 e. The standard InChI is InChI=1S/C16H22N2O2/c1-20-16-7-6-13(4-2-8-17)14(10-16)11-18-9-3-5-15(19)12-18/h6-7,10,15,19H,3,5,8-9,11-12,17H2,1H3. The van der Waals surface area contributed by atoms with Crippen molar-refractivity contribution in [2.45, 2.75) is 25.5 Å². The number of piperidine rings is 1. The Hall–Kier alpha value is -1.54. The van der Waals surface area contributed by atoms with Gasteiger partial charge >= 0.3 is 0 Å². The molecule has 4 nitrogen and oxygen atoms in total. The molecule has 0 radical (unpaired) electrons. The van der Waals surface area contributed by atoms with E-state index in [1.807, 2.05) is 18.2 Å². The predicted molar refractivity (Wildman–Crippen MR) is 79.4 cm³/mol. The zero-order valence-electron chi connectivity index (χ0n) is 11.9. The fourth-order valence-electron chi connectivity index (χ4n) is 2.51. The number of nitrogens with two attached hydrogens (primary N) is 1. The van der Waals surface area contributed by atoms with Crippen LogP contribution in [0.1, 0.15) is 24.0 Å². The molecule has 0 saturated carbocycles. The number of likely N-dealkylation sites (tertiary alicyclic amines) is 1. The zero-order valence-corrected chi connectivity index (χ0v) is 11.9. The molecule has 0 amide bonds. The maximum atomic E-state index is 9.76. The number of nitrogens with zero attached hydrogens (tertiary/aromatic N) is 1. The zero-order chi connectivity index (χ0) is 14.4. The van der Waals surface area contributed by atoms with Gasteiger partial charge in [-0.05, 0) is 43.1 Å². The molecule has 108 valence electrons. The molecule has 2 rings (SSSR count). The lowest BCUT2D eigenvalue weighted by Crippen LogP contribution is -2.37. The van der Waals surface area contributed by atoms with Crippen molar-refractivity contribution in [3.8, 4) is 17.6 Å². The normalized spacial score (nSPS) is 19.2. The Kier molecular flexibility index (Phi) is 5.42. The van der Waals surface area contributed by atoms with Crippen LogP contribution in [0.5, 0.6) is 5.75 Å². The SMILES string of the molecule is COc1ccc(C#CCN)c(CN2CCCC(O)C2)c1. The van der Waals surface area contributed by atoms with Gasteiger partial charge in [-0.3, -0.25) is 4.90 Å². The molecule has 1 aliphatic heterocycles. The first-order chi connectivity index (χ1) is 9.72. The van der Waals surface area contributed by atoms with Crippen molar-refractivity contribution in [2.75, 3.05) is 26.7 Å². The number of methoxy groups -OCH3 is 1. The van der Waals surface area contributed by atoms with E-state index in [1.165, 1.54) is 0 Å². The monoisotopic (exact) mass is 274 g/mol. The molecule has 0 spiro atoms. The number of β-amino-alcohol motifs (C(OH)–C–C–N with tert-alkyl or cyclic N) is 1. The molecule has 4 heteroatoms. The van der Waals surface area contributed by atoms with Crippen molar-refractivity contribution in [1.82, 2.24) is 4.90 Å². The van der Waals surface area contributed by atoms with Crippen LogP contribution in [0, 0.1) is 11.8 Å². The van der Waals surface area contributed by atoms with Crippen LogP contribution in [0.2, 0.25) is 0 Å². The molecule has 0 aliphatic carbocycles. The molecule has 0 bridgehead atoms. The molecular weight excluding hydrogens is 252 g/mol. The van der Waals surface area contributed by atoms with E-state index in [2.05, 4.69) is 16.7 Å². The number of aliphatic hydroxyl groups excluding tert-OH is 1. The average Bonchev–Trinajstić information content (AvgIpc) is 2.46. The van der Waals surface area contributed by atoms with Gasteiger partial charge in [0.25, 0.3) is 0 Å². The van der Waals surface area contributed by atoms with E-state index in [-0.39, 0.29) is 6.10 Å². The van der Waals surface area contributed by atoms with Crippen molar-refractivity contribution in [3.63, 3.8) is 0 Å². The second-order valence-corrected chi connectivity index (χ2v) is 5.06. The summed E-state index contributed by atoms with van der Waals surface area (Å²) in [6.45, 7) is 2.87. The van der Waals surface area contributed by atoms with E-state index in [1.54, 1.807) is 7.11 Å². The number of rotatable bonds is 3. The van der Waals surface area contributed by atoms with Crippen LogP contribution in [0.15, 0.2) is 18.2 Å². The van der Waals surface area contributed by atoms with Gasteiger partial charge in [-0.15, -0.1) is 0 Å². The summed E-state index contributed by atoms with van der Waals surface area (Å²) in [5, 5.41) is 9.76. The van der Waals surface area contributed by atoms with Crippen molar-refractivity contribution in [1.29, 1.82) is 0 Å². The van der Waals surface area contributed by atoms with Crippen molar-refractivity contribution in [3.05, 3.63) is 29.3 Å². The molecule has 1 saturated heterocycles. The molecule has 1 aromatic rings. The quantitative estimate of drug-likeness (QED) is 0.806. The van der Waals surface area contributed by atoms with E-state index in [0.717, 1.165) is 49.4 Å². The lowest BCUT2D eigenvalue weighted by atomic mass is 10.0. The molecule has 1 aliphatic rings. The largest absolute Gasteiger partial charge is 0.497 e. The maximum Gasteiger partial charge on any atom is 0.119 e. The summed E-state index contributed by atoms with van der Waals surface area (Å²) in [6.07, 6.45) is 1.72. The molecule has 1 aromatic carbocycles. The van der Waals surface area contributed by atoms with E-state index < -0.39 is 0 Å². The third kappa shape index (κ3) is 3.97. The van der Waals surface area contributed by atoms with Crippen LogP contribution < -0.4 is 10.5 Å². The van der Waals surface area contributed by atoms with Crippen LogP contribution in [-0.2, 0) is 6.54 Å². The maximum absolute atomic E-state index is 9.76. The topological polar surface area (TPSA) is 58.7 Å². The van der Waals surface area contributed by atoms with Gasteiger partial charge < -0.3 is 15.6 Å². The number of hydrogen-bond acceptors (Lipinski definition) is 4. The molecule has 1 atom stereocenters. The van der Waals surface area contributed by atoms with E-state index in [4.69, 9.17) is 10.5 Å². The van der Waals surface area contributed by atoms with E-state index in [9.17, 15) is 5.11 Å². The van der Waals surface area contributed by atoms with Gasteiger partial charge in [-0.1, -0.05) is 11.8 Å². The van der Waals surface area contributed by atoms with Crippen molar-refractivity contribution >= 4 is 0 Å². The van der Waals surface area contributed by atoms with Crippen LogP contribution >= 0.6 is 0 Å². The third-order valence-electron chi connectivity index (χ3n) is 3.51. The fraction of sp³-hybridized carbons (Fsp3) is 0.500. The van der Waals surface area contributed by atoms with Crippen LogP contribution in [0.3, 0.4) is 0 Å². The summed E-state index contributed by atoms with van der Waals surface area (Å²) in [6, 6.07) is 5.90. The summed E-state index contributed by atoms with van der Waals surface area (Å²) >= 11 is 0. The molecule has 1 heterocycles. The molecule has 0 aromatic heterocycles. The Morgan fingerprint density at radius 3 is 3.05 bits per heavy atom.